The molecule has 124 valence electrons. The lowest BCUT2D eigenvalue weighted by atomic mass is 10.1. The lowest BCUT2D eigenvalue weighted by molar-refractivity contribution is 0.0696. The summed E-state index contributed by atoms with van der Waals surface area (Å²) >= 11 is 3.21. The van der Waals surface area contributed by atoms with E-state index in [4.69, 9.17) is 0 Å². The highest BCUT2D eigenvalue weighted by Crippen LogP contribution is 2.31. The molecule has 0 aliphatic carbocycles. The van der Waals surface area contributed by atoms with Gasteiger partial charge in [0, 0.05) is 22.6 Å². The van der Waals surface area contributed by atoms with Gasteiger partial charge in [0.15, 0.2) is 0 Å². The molecule has 0 aromatic heterocycles. The number of hydrogen-bond acceptors (Lipinski definition) is 3. The molecule has 0 radical (unpaired) electrons. The van der Waals surface area contributed by atoms with Crippen LogP contribution >= 0.6 is 15.9 Å². The van der Waals surface area contributed by atoms with Crippen LogP contribution in [0.25, 0.3) is 0 Å². The van der Waals surface area contributed by atoms with E-state index < -0.39 is 5.97 Å². The Balaban J connectivity index is 2.01. The van der Waals surface area contributed by atoms with Crippen molar-refractivity contribution in [2.75, 3.05) is 16.8 Å². The molecule has 1 aliphatic heterocycles. The van der Waals surface area contributed by atoms with Crippen LogP contribution in [0.4, 0.5) is 11.4 Å². The van der Waals surface area contributed by atoms with Crippen LogP contribution in [0.3, 0.4) is 0 Å². The van der Waals surface area contributed by atoms with Crippen molar-refractivity contribution in [3.05, 3.63) is 58.1 Å². The van der Waals surface area contributed by atoms with Crippen LogP contribution in [-0.4, -0.2) is 29.6 Å². The molecule has 0 saturated heterocycles. The summed E-state index contributed by atoms with van der Waals surface area (Å²) in [6.45, 7) is 2.65. The van der Waals surface area contributed by atoms with E-state index in [0.717, 1.165) is 17.8 Å². The Morgan fingerprint density at radius 3 is 2.75 bits per heavy atom. The molecule has 2 N–H and O–H groups in total. The molecule has 0 unspecified atom stereocenters. The van der Waals surface area contributed by atoms with E-state index in [2.05, 4.69) is 28.2 Å². The number of aromatic carboxylic acids is 1. The summed E-state index contributed by atoms with van der Waals surface area (Å²) in [6.07, 6.45) is 0.808. The number of carboxylic acids is 1. The number of fused-ring (bicyclic) bond motifs is 1. The number of halogens is 1. The largest absolute Gasteiger partial charge is 0.478 e. The number of benzene rings is 2. The third-order valence-corrected chi connectivity index (χ3v) is 4.76. The third-order valence-electron chi connectivity index (χ3n) is 4.07. The Bertz CT molecular complexity index is 807. The molecule has 5 nitrogen and oxygen atoms in total. The third kappa shape index (κ3) is 3.14. The van der Waals surface area contributed by atoms with Crippen molar-refractivity contribution in [2.24, 2.45) is 0 Å². The highest BCUT2D eigenvalue weighted by atomic mass is 79.9. The Kier molecular flexibility index (Phi) is 4.57. The van der Waals surface area contributed by atoms with Crippen molar-refractivity contribution >= 4 is 39.2 Å². The lowest BCUT2D eigenvalue weighted by Gasteiger charge is -2.22. The molecule has 6 heteroatoms. The SMILES string of the molecule is C[C@H]1CCN(C(=O)c2ccc(Br)c(C(=O)O)c2)c2ccccc2N1. The van der Waals surface area contributed by atoms with Gasteiger partial charge in [0.05, 0.1) is 16.9 Å². The summed E-state index contributed by atoms with van der Waals surface area (Å²) in [4.78, 5) is 26.0. The van der Waals surface area contributed by atoms with Gasteiger partial charge in [-0.2, -0.15) is 0 Å². The highest BCUT2D eigenvalue weighted by molar-refractivity contribution is 9.10. The van der Waals surface area contributed by atoms with Gasteiger partial charge in [0.1, 0.15) is 0 Å². The fraction of sp³-hybridized carbons (Fsp3) is 0.222. The Morgan fingerprint density at radius 2 is 2.00 bits per heavy atom. The summed E-state index contributed by atoms with van der Waals surface area (Å²) < 4.78 is 0.457. The molecule has 3 rings (SSSR count). The van der Waals surface area contributed by atoms with E-state index >= 15 is 0 Å². The van der Waals surface area contributed by atoms with Crippen LogP contribution < -0.4 is 10.2 Å². The molecule has 0 fully saturated rings. The molecular weight excluding hydrogens is 372 g/mol. The van der Waals surface area contributed by atoms with Crippen LogP contribution in [0.5, 0.6) is 0 Å². The summed E-state index contributed by atoms with van der Waals surface area (Å²) in [5.74, 6) is -1.27. The second-order valence-corrected chi connectivity index (χ2v) is 6.66. The van der Waals surface area contributed by atoms with Crippen LogP contribution in [0, 0.1) is 0 Å². The zero-order valence-corrected chi connectivity index (χ0v) is 14.7. The molecule has 2 aromatic carbocycles. The van der Waals surface area contributed by atoms with E-state index in [1.54, 1.807) is 17.0 Å². The normalized spacial score (nSPS) is 16.8. The number of amides is 1. The van der Waals surface area contributed by atoms with E-state index in [1.807, 2.05) is 24.3 Å². The van der Waals surface area contributed by atoms with Crippen molar-refractivity contribution in [1.82, 2.24) is 0 Å². The average molecular weight is 389 g/mol. The van der Waals surface area contributed by atoms with Gasteiger partial charge < -0.3 is 15.3 Å². The fourth-order valence-electron chi connectivity index (χ4n) is 2.80. The second kappa shape index (κ2) is 6.65. The number of para-hydroxylation sites is 2. The summed E-state index contributed by atoms with van der Waals surface area (Å²) in [7, 11) is 0. The van der Waals surface area contributed by atoms with Gasteiger partial charge in [-0.15, -0.1) is 0 Å². The number of carboxylic acid groups (broad SMARTS) is 1. The summed E-state index contributed by atoms with van der Waals surface area (Å²) in [5.41, 5.74) is 2.16. The van der Waals surface area contributed by atoms with E-state index in [0.29, 0.717) is 16.6 Å². The first-order valence-corrected chi connectivity index (χ1v) is 8.47. The van der Waals surface area contributed by atoms with Crippen molar-refractivity contribution in [2.45, 2.75) is 19.4 Å². The topological polar surface area (TPSA) is 69.6 Å². The van der Waals surface area contributed by atoms with Gasteiger partial charge >= 0.3 is 5.97 Å². The monoisotopic (exact) mass is 388 g/mol. The van der Waals surface area contributed by atoms with Crippen molar-refractivity contribution in [3.63, 3.8) is 0 Å². The van der Waals surface area contributed by atoms with Crippen molar-refractivity contribution in [3.8, 4) is 0 Å². The van der Waals surface area contributed by atoms with E-state index in [1.165, 1.54) is 6.07 Å². The van der Waals surface area contributed by atoms with Gasteiger partial charge in [-0.3, -0.25) is 4.79 Å². The van der Waals surface area contributed by atoms with Gasteiger partial charge in [-0.05, 0) is 59.6 Å². The zero-order valence-electron chi connectivity index (χ0n) is 13.1. The molecule has 1 atom stereocenters. The van der Waals surface area contributed by atoms with Crippen molar-refractivity contribution < 1.29 is 14.7 Å². The molecule has 1 aliphatic rings. The maximum atomic E-state index is 13.0. The molecule has 1 amide bonds. The molecule has 0 saturated carbocycles. The van der Waals surface area contributed by atoms with Crippen LogP contribution in [0.15, 0.2) is 46.9 Å². The van der Waals surface area contributed by atoms with E-state index in [9.17, 15) is 14.7 Å². The first kappa shape index (κ1) is 16.5. The standard InChI is InChI=1S/C18H17BrN2O3/c1-11-8-9-21(16-5-3-2-4-15(16)20-11)17(22)12-6-7-14(19)13(10-12)18(23)24/h2-7,10-11,20H,8-9H2,1H3,(H,23,24)/t11-/m0/s1. The fourth-order valence-corrected chi connectivity index (χ4v) is 3.22. The molecule has 1 heterocycles. The average Bonchev–Trinajstić information content (AvgIpc) is 2.72. The first-order valence-electron chi connectivity index (χ1n) is 7.67. The zero-order chi connectivity index (χ0) is 17.3. The van der Waals surface area contributed by atoms with Crippen LogP contribution in [0.1, 0.15) is 34.1 Å². The van der Waals surface area contributed by atoms with Gasteiger partial charge in [-0.25, -0.2) is 4.79 Å². The predicted molar refractivity (Wildman–Crippen MR) is 96.9 cm³/mol. The molecule has 24 heavy (non-hydrogen) atoms. The maximum Gasteiger partial charge on any atom is 0.336 e. The number of carbonyl (C=O) groups excluding carboxylic acids is 1. The molecule has 0 spiro atoms. The predicted octanol–water partition coefficient (Wildman–Crippen LogP) is 4.00. The van der Waals surface area contributed by atoms with Gasteiger partial charge in [0.25, 0.3) is 5.91 Å². The summed E-state index contributed by atoms with van der Waals surface area (Å²) in [5, 5.41) is 12.7. The van der Waals surface area contributed by atoms with Gasteiger partial charge in [0.2, 0.25) is 0 Å². The Hall–Kier alpha value is -2.34. The smallest absolute Gasteiger partial charge is 0.336 e. The Morgan fingerprint density at radius 1 is 1.25 bits per heavy atom. The second-order valence-electron chi connectivity index (χ2n) is 5.81. The van der Waals surface area contributed by atoms with Crippen molar-refractivity contribution in [1.29, 1.82) is 0 Å². The highest BCUT2D eigenvalue weighted by Gasteiger charge is 2.25. The number of nitrogens with one attached hydrogen (secondary N) is 1. The number of anilines is 2. The molecule has 0 bridgehead atoms. The number of nitrogens with zero attached hydrogens (tertiary/aromatic N) is 1. The first-order chi connectivity index (χ1) is 11.5. The quantitative estimate of drug-likeness (QED) is 0.815. The number of hydrogen-bond donors (Lipinski definition) is 2. The maximum absolute atomic E-state index is 13.0. The Labute approximate surface area is 148 Å². The van der Waals surface area contributed by atoms with E-state index in [-0.39, 0.29) is 17.5 Å². The minimum absolute atomic E-state index is 0.0791. The summed E-state index contributed by atoms with van der Waals surface area (Å²) in [6, 6.07) is 12.6. The molecule has 2 aromatic rings. The lowest BCUT2D eigenvalue weighted by Crippen LogP contribution is -2.32. The minimum Gasteiger partial charge on any atom is -0.478 e. The minimum atomic E-state index is -1.07. The molecular formula is C18H17BrN2O3. The van der Waals surface area contributed by atoms with Crippen LogP contribution in [0.2, 0.25) is 0 Å². The number of rotatable bonds is 2. The number of carbonyl (C=O) groups is 2. The van der Waals surface area contributed by atoms with Gasteiger partial charge in [-0.1, -0.05) is 12.1 Å². The van der Waals surface area contributed by atoms with Crippen LogP contribution in [-0.2, 0) is 0 Å².